The van der Waals surface area contributed by atoms with E-state index in [1.165, 1.54) is 24.4 Å². The van der Waals surface area contributed by atoms with Gasteiger partial charge in [-0.1, -0.05) is 24.3 Å². The Morgan fingerprint density at radius 3 is 1.74 bits per heavy atom. The predicted molar refractivity (Wildman–Crippen MR) is 317 cm³/mol. The van der Waals surface area contributed by atoms with Gasteiger partial charge in [0.2, 0.25) is 0 Å². The number of nitrogens with two attached hydrogens (primary N) is 1. The van der Waals surface area contributed by atoms with Gasteiger partial charge in [-0.15, -0.1) is 0 Å². The number of nitrogens with one attached hydrogen (secondary N) is 2. The fourth-order valence-electron chi connectivity index (χ4n) is 9.58. The van der Waals surface area contributed by atoms with Crippen LogP contribution in [-0.4, -0.2) is 124 Å². The molecule has 6 aliphatic rings. The number of rotatable bonds is 9. The molecule has 10 heterocycles. The summed E-state index contributed by atoms with van der Waals surface area (Å²) >= 11 is 0. The predicted octanol–water partition coefficient (Wildman–Crippen LogP) is 9.53. The molecule has 6 aliphatic heterocycles. The normalized spacial score (nSPS) is 20.2. The molecule has 4 aromatic heterocycles. The molecule has 2 amide bonds. The number of urea groups is 1. The molecule has 82 heavy (non-hydrogen) atoms. The first-order valence-corrected chi connectivity index (χ1v) is 25.1. The highest BCUT2D eigenvalue weighted by atomic mass is 32.1. The number of amides is 2. The monoisotopic (exact) mass is 1220 g/mol. The lowest BCUT2D eigenvalue weighted by molar-refractivity contribution is -0.141. The second-order valence-corrected chi connectivity index (χ2v) is 20.1. The third kappa shape index (κ3) is 15.7. The molecule has 4 saturated heterocycles. The van der Waals surface area contributed by atoms with Crippen LogP contribution in [0.2, 0.25) is 0 Å². The first-order chi connectivity index (χ1) is 37.1. The minimum Gasteiger partial charge on any atom is -0.489 e. The third-order valence-corrected chi connectivity index (χ3v) is 13.3. The van der Waals surface area contributed by atoms with E-state index in [1.54, 1.807) is 53.8 Å². The van der Waals surface area contributed by atoms with Crippen LogP contribution in [0.25, 0.3) is 22.8 Å². The van der Waals surface area contributed by atoms with Crippen molar-refractivity contribution in [2.45, 2.75) is 88.8 Å². The van der Waals surface area contributed by atoms with Crippen molar-refractivity contribution in [3.05, 3.63) is 109 Å². The number of anilines is 6. The van der Waals surface area contributed by atoms with Crippen LogP contribution in [-0.2, 0) is 31.3 Å². The van der Waals surface area contributed by atoms with Crippen LogP contribution in [0.15, 0.2) is 97.6 Å². The number of nitrogens with zero attached hydrogens (tertiary/aromatic N) is 9. The molecule has 0 saturated carbocycles. The molecule has 6 aromatic rings. The average molecular weight is 1220 g/mol. The van der Waals surface area contributed by atoms with Crippen molar-refractivity contribution in [2.75, 3.05) is 83.7 Å². The zero-order chi connectivity index (χ0) is 55.0. The molecular formula is C53H64F6N12O7S4. The zero-order valence-corrected chi connectivity index (χ0v) is 48.8. The summed E-state index contributed by atoms with van der Waals surface area (Å²) in [4.78, 5) is 45.1. The topological polar surface area (TPSA) is 210 Å². The van der Waals surface area contributed by atoms with Crippen LogP contribution in [0.4, 0.5) is 65.8 Å². The molecule has 0 aliphatic carbocycles. The van der Waals surface area contributed by atoms with Crippen molar-refractivity contribution in [3.63, 3.8) is 0 Å². The highest BCUT2D eigenvalue weighted by molar-refractivity contribution is 7.59. The number of carbonyl (C=O) groups excluding carboxylic acids is 1. The number of pyridine rings is 2. The standard InChI is InChI=1S/C27H27F3N6O4.C15H13F3N4.C11H16N2O3.4H2S/c1-26(2)39-15-20(40-26)14-38-19-6-7-22(31-11-19)33-25(37)36-18-8-9-35(13-18)21-12-32-23(34-24(21)36)16-4-3-5-17(10-16)27(28,29)30;16-15(17,18)10-3-1-2-9(6-10)13-19-7-12-14(21-13)20-11-4-5-22(12)8-11;1-11(2)15-7-9(16-11)6-14-8-3-4-10(12)13-5-8;;;;/h3-7,10-12,18,20H,8-9,13-15H2,1-2H3,(H,31,33,37);1-3,6-7,11H,4-5,8H2,(H,19,20,21);3-5,9H,6-7H2,1-2H3,(H2,12,13);4*1H2/t18-,20-;11-;9-;;;;/m000..../s1. The van der Waals surface area contributed by atoms with Gasteiger partial charge in [0.15, 0.2) is 34.9 Å². The van der Waals surface area contributed by atoms with E-state index >= 15 is 0 Å². The van der Waals surface area contributed by atoms with E-state index in [0.717, 1.165) is 49.5 Å². The number of aromatic nitrogens is 6. The number of fused-ring (bicyclic) bond motifs is 8. The molecule has 4 atom stereocenters. The Morgan fingerprint density at radius 2 is 1.22 bits per heavy atom. The number of hydrogen-bond donors (Lipinski definition) is 3. The lowest BCUT2D eigenvalue weighted by Gasteiger charge is -2.35. The van der Waals surface area contributed by atoms with Gasteiger partial charge in [0, 0.05) is 43.3 Å². The number of benzene rings is 2. The van der Waals surface area contributed by atoms with Crippen molar-refractivity contribution in [1.82, 2.24) is 29.9 Å². The summed E-state index contributed by atoms with van der Waals surface area (Å²) in [5, 5.41) is 6.14. The summed E-state index contributed by atoms with van der Waals surface area (Å²) in [6.45, 7) is 12.4. The summed E-state index contributed by atoms with van der Waals surface area (Å²) < 4.78 is 112. The molecule has 2 aromatic carbocycles. The van der Waals surface area contributed by atoms with E-state index in [2.05, 4.69) is 50.3 Å². The average Bonchev–Trinajstić information content (AvgIpc) is 4.36. The fraction of sp³-hybridized carbons (Fsp3) is 0.415. The molecule has 19 nitrogen and oxygen atoms in total. The van der Waals surface area contributed by atoms with Gasteiger partial charge < -0.3 is 49.3 Å². The van der Waals surface area contributed by atoms with Gasteiger partial charge in [0.25, 0.3) is 0 Å². The van der Waals surface area contributed by atoms with Crippen LogP contribution in [0.1, 0.15) is 51.7 Å². The smallest absolute Gasteiger partial charge is 0.416 e. The second-order valence-electron chi connectivity index (χ2n) is 20.1. The second kappa shape index (κ2) is 26.6. The van der Waals surface area contributed by atoms with Crippen molar-refractivity contribution in [2.24, 2.45) is 0 Å². The Hall–Kier alpha value is -6.21. The van der Waals surface area contributed by atoms with Gasteiger partial charge >= 0.3 is 18.4 Å². The maximum Gasteiger partial charge on any atom is 0.416 e. The lowest BCUT2D eigenvalue weighted by atomic mass is 10.1. The van der Waals surface area contributed by atoms with E-state index < -0.39 is 41.1 Å². The first-order valence-electron chi connectivity index (χ1n) is 25.1. The molecule has 444 valence electrons. The van der Waals surface area contributed by atoms with Gasteiger partial charge in [0.1, 0.15) is 48.6 Å². The zero-order valence-electron chi connectivity index (χ0n) is 44.8. The lowest BCUT2D eigenvalue weighted by Crippen LogP contribution is -2.48. The summed E-state index contributed by atoms with van der Waals surface area (Å²) in [6, 6.07) is 16.5. The van der Waals surface area contributed by atoms with Gasteiger partial charge in [-0.2, -0.15) is 80.3 Å². The number of alkyl halides is 6. The molecule has 29 heteroatoms. The van der Waals surface area contributed by atoms with Gasteiger partial charge in [-0.05, 0) is 89.1 Å². The summed E-state index contributed by atoms with van der Waals surface area (Å²) in [5.74, 6) is 2.30. The van der Waals surface area contributed by atoms with Crippen LogP contribution in [0, 0.1) is 0 Å². The van der Waals surface area contributed by atoms with Crippen LogP contribution in [0.3, 0.4) is 0 Å². The van der Waals surface area contributed by atoms with E-state index in [0.29, 0.717) is 104 Å². The minimum absolute atomic E-state index is 0. The number of carbonyl (C=O) groups is 1. The maximum absolute atomic E-state index is 13.5. The van der Waals surface area contributed by atoms with Crippen molar-refractivity contribution in [3.8, 4) is 34.3 Å². The Labute approximate surface area is 497 Å². The van der Waals surface area contributed by atoms with Crippen LogP contribution >= 0.6 is 54.0 Å². The number of nitrogen functional groups attached to an aromatic ring is 1. The molecule has 4 fully saturated rings. The largest absolute Gasteiger partial charge is 0.489 e. The van der Waals surface area contributed by atoms with Crippen molar-refractivity contribution < 1.29 is 59.6 Å². The molecule has 4 N–H and O–H groups in total. The highest BCUT2D eigenvalue weighted by Crippen LogP contribution is 2.41. The Kier molecular flexibility index (Phi) is 21.0. The number of hydrogen-bond acceptors (Lipinski definition) is 17. The Morgan fingerprint density at radius 1 is 0.683 bits per heavy atom. The van der Waals surface area contributed by atoms with E-state index in [1.807, 2.05) is 27.7 Å². The van der Waals surface area contributed by atoms with Crippen LogP contribution < -0.4 is 40.5 Å². The molecule has 0 unspecified atom stereocenters. The SMILES string of the molecule is CC1(C)OC[C@H](COc2ccc(N)nc2)O1.CC1(C)OC[C@H](COc2ccc(NC(=O)N3c4nc(-c5cccc(C(F)(F)F)c5)ncc4N4CC[C@H]3C4)nc2)O1.FC(F)(F)c1cccc(-c2ncc3c(n2)N[C@H]2CCN3C2)c1.S.S.S.S. The molecular weight excluding hydrogens is 1160 g/mol. The molecule has 0 radical (unpaired) electrons. The number of halogens is 6. The first kappa shape index (κ1) is 65.0. The van der Waals surface area contributed by atoms with Gasteiger partial charge in [0.05, 0.1) is 66.5 Å². The van der Waals surface area contributed by atoms with E-state index in [4.69, 9.17) is 34.2 Å². The van der Waals surface area contributed by atoms with Gasteiger partial charge in [-0.3, -0.25) is 10.2 Å². The Bertz CT molecular complexity index is 3120. The summed E-state index contributed by atoms with van der Waals surface area (Å²) in [6.07, 6.45) is -0.992. The highest BCUT2D eigenvalue weighted by Gasteiger charge is 2.42. The Balaban J connectivity index is 0.000000217. The minimum atomic E-state index is -4.50. The van der Waals surface area contributed by atoms with Crippen LogP contribution in [0.5, 0.6) is 11.5 Å². The fourth-order valence-corrected chi connectivity index (χ4v) is 9.58. The maximum atomic E-state index is 13.5. The summed E-state index contributed by atoms with van der Waals surface area (Å²) in [5.41, 5.74) is 6.13. The van der Waals surface area contributed by atoms with E-state index in [-0.39, 0.29) is 83.6 Å². The molecule has 4 bridgehead atoms. The molecule has 0 spiro atoms. The van der Waals surface area contributed by atoms with Gasteiger partial charge in [-0.25, -0.2) is 34.7 Å². The quantitative estimate of drug-likeness (QED) is 0.115. The van der Waals surface area contributed by atoms with E-state index in [9.17, 15) is 31.1 Å². The third-order valence-electron chi connectivity index (χ3n) is 13.3. The van der Waals surface area contributed by atoms with Crippen molar-refractivity contribution in [1.29, 1.82) is 0 Å². The summed E-state index contributed by atoms with van der Waals surface area (Å²) in [7, 11) is 0. The number of ether oxygens (including phenoxy) is 6. The van der Waals surface area contributed by atoms with Crippen molar-refractivity contribution >= 4 is 94.7 Å². The molecule has 12 rings (SSSR count).